The van der Waals surface area contributed by atoms with Crippen molar-refractivity contribution in [3.8, 4) is 22.6 Å². The Bertz CT molecular complexity index is 1240. The number of rotatable bonds is 3. The molecule has 0 amide bonds. The Kier molecular flexibility index (Phi) is 3.91. The number of likely N-dealkylation sites (tertiary alicyclic amines) is 1. The third kappa shape index (κ3) is 2.73. The summed E-state index contributed by atoms with van der Waals surface area (Å²) in [5.41, 5.74) is 4.04. The van der Waals surface area contributed by atoms with Crippen LogP contribution in [0, 0.1) is 0 Å². The normalized spacial score (nSPS) is 23.3. The van der Waals surface area contributed by atoms with E-state index < -0.39 is 9.84 Å². The van der Waals surface area contributed by atoms with Crippen molar-refractivity contribution < 1.29 is 17.9 Å². The van der Waals surface area contributed by atoms with Gasteiger partial charge in [0.1, 0.15) is 0 Å². The van der Waals surface area contributed by atoms with Crippen molar-refractivity contribution >= 4 is 9.84 Å². The zero-order chi connectivity index (χ0) is 20.3. The first-order chi connectivity index (χ1) is 14.6. The van der Waals surface area contributed by atoms with Gasteiger partial charge in [0.25, 0.3) is 0 Å². The Hall–Kier alpha value is -2.90. The average Bonchev–Trinajstić information content (AvgIpc) is 3.45. The van der Waals surface area contributed by atoms with Crippen LogP contribution in [-0.2, 0) is 16.4 Å². The second kappa shape index (κ2) is 6.55. The zero-order valence-corrected chi connectivity index (χ0v) is 17.0. The van der Waals surface area contributed by atoms with Crippen molar-refractivity contribution in [1.82, 2.24) is 9.88 Å². The first-order valence-corrected chi connectivity index (χ1v) is 11.5. The number of nitrogens with zero attached hydrogens (tertiary/aromatic N) is 2. The lowest BCUT2D eigenvalue weighted by Gasteiger charge is -2.18. The third-order valence-corrected chi connectivity index (χ3v) is 8.55. The van der Waals surface area contributed by atoms with Gasteiger partial charge in [-0.25, -0.2) is 8.42 Å². The van der Waals surface area contributed by atoms with E-state index in [0.29, 0.717) is 18.0 Å². The highest BCUT2D eigenvalue weighted by atomic mass is 32.2. The molecular formula is C23H20N2O4S. The van der Waals surface area contributed by atoms with Crippen molar-refractivity contribution in [3.05, 3.63) is 72.1 Å². The van der Waals surface area contributed by atoms with Crippen LogP contribution >= 0.6 is 0 Å². The summed E-state index contributed by atoms with van der Waals surface area (Å²) in [4.78, 5) is 6.91. The van der Waals surface area contributed by atoms with Gasteiger partial charge in [-0.15, -0.1) is 0 Å². The van der Waals surface area contributed by atoms with Crippen LogP contribution in [0.25, 0.3) is 11.1 Å². The topological polar surface area (TPSA) is 68.7 Å². The molecule has 7 heteroatoms. The maximum Gasteiger partial charge on any atom is 0.231 e. The van der Waals surface area contributed by atoms with Gasteiger partial charge in [0.2, 0.25) is 6.79 Å². The van der Waals surface area contributed by atoms with E-state index in [9.17, 15) is 8.42 Å². The number of benzene rings is 2. The maximum absolute atomic E-state index is 13.2. The van der Waals surface area contributed by atoms with Gasteiger partial charge >= 0.3 is 0 Å². The van der Waals surface area contributed by atoms with E-state index in [-0.39, 0.29) is 18.0 Å². The minimum absolute atomic E-state index is 0.00404. The lowest BCUT2D eigenvalue weighted by molar-refractivity contribution is 0.174. The Morgan fingerprint density at radius 3 is 2.77 bits per heavy atom. The fraction of sp³-hybridized carbons (Fsp3) is 0.261. The molecule has 6 rings (SSSR count). The van der Waals surface area contributed by atoms with Crippen molar-refractivity contribution in [1.29, 1.82) is 0 Å². The number of fused-ring (bicyclic) bond motifs is 4. The quantitative estimate of drug-likeness (QED) is 0.648. The van der Waals surface area contributed by atoms with Crippen molar-refractivity contribution in [3.63, 3.8) is 0 Å². The summed E-state index contributed by atoms with van der Waals surface area (Å²) < 4.78 is 37.2. The Balaban J connectivity index is 1.30. The fourth-order valence-electron chi connectivity index (χ4n) is 4.87. The molecule has 0 aliphatic carbocycles. The van der Waals surface area contributed by atoms with Crippen LogP contribution in [0.3, 0.4) is 0 Å². The summed E-state index contributed by atoms with van der Waals surface area (Å²) in [5, 5.41) is -0.384. The lowest BCUT2D eigenvalue weighted by atomic mass is 9.95. The Morgan fingerprint density at radius 2 is 1.90 bits per heavy atom. The Labute approximate surface area is 175 Å². The molecule has 2 atom stereocenters. The molecule has 4 heterocycles. The molecule has 0 unspecified atom stereocenters. The van der Waals surface area contributed by atoms with Crippen LogP contribution in [0.2, 0.25) is 0 Å². The number of hydrogen-bond acceptors (Lipinski definition) is 6. The largest absolute Gasteiger partial charge is 0.454 e. The SMILES string of the molecule is O=S1(=O)c2ccc(-c3cccnc3)cc2[C@@H]2CN(Cc3ccc4c(c3)OCO4)C[C@H]21. The molecule has 6 nitrogen and oxygen atoms in total. The van der Waals surface area contributed by atoms with E-state index in [2.05, 4.69) is 9.88 Å². The van der Waals surface area contributed by atoms with Gasteiger partial charge in [-0.1, -0.05) is 18.2 Å². The minimum atomic E-state index is -3.32. The van der Waals surface area contributed by atoms with Gasteiger partial charge in [0, 0.05) is 37.9 Å². The standard InChI is InChI=1S/C23H20N2O4S/c26-30(27)22-6-4-16(17-2-1-7-24-10-17)9-18(22)19-12-25(13-23(19)30)11-15-3-5-20-21(8-15)29-14-28-20/h1-10,19,23H,11-14H2/t19-,23+/m0/s1. The second-order valence-corrected chi connectivity index (χ2v) is 10.2. The van der Waals surface area contributed by atoms with Crippen LogP contribution < -0.4 is 9.47 Å². The molecule has 2 aromatic carbocycles. The number of hydrogen-bond donors (Lipinski definition) is 0. The molecule has 0 saturated carbocycles. The second-order valence-electron chi connectivity index (χ2n) is 8.07. The average molecular weight is 420 g/mol. The molecule has 3 aromatic rings. The summed E-state index contributed by atoms with van der Waals surface area (Å²) in [6, 6.07) is 15.5. The van der Waals surface area contributed by atoms with Gasteiger partial charge in [-0.3, -0.25) is 9.88 Å². The number of aromatic nitrogens is 1. The van der Waals surface area contributed by atoms with E-state index in [0.717, 1.165) is 40.3 Å². The molecule has 0 bridgehead atoms. The predicted molar refractivity (Wildman–Crippen MR) is 111 cm³/mol. The Morgan fingerprint density at radius 1 is 1.00 bits per heavy atom. The lowest BCUT2D eigenvalue weighted by Crippen LogP contribution is -2.25. The molecular weight excluding hydrogens is 400 g/mol. The zero-order valence-electron chi connectivity index (χ0n) is 16.2. The minimum Gasteiger partial charge on any atom is -0.454 e. The van der Waals surface area contributed by atoms with E-state index in [1.54, 1.807) is 12.3 Å². The summed E-state index contributed by atoms with van der Waals surface area (Å²) in [5.74, 6) is 1.51. The molecule has 1 saturated heterocycles. The van der Waals surface area contributed by atoms with Crippen LogP contribution in [0.1, 0.15) is 17.0 Å². The van der Waals surface area contributed by atoms with Gasteiger partial charge < -0.3 is 9.47 Å². The van der Waals surface area contributed by atoms with Gasteiger partial charge in [0.05, 0.1) is 10.1 Å². The molecule has 3 aliphatic heterocycles. The molecule has 1 aromatic heterocycles. The summed E-state index contributed by atoms with van der Waals surface area (Å²) in [6.07, 6.45) is 3.55. The number of ether oxygens (including phenoxy) is 2. The van der Waals surface area contributed by atoms with Crippen molar-refractivity contribution in [2.24, 2.45) is 0 Å². The molecule has 0 radical (unpaired) electrons. The van der Waals surface area contributed by atoms with Crippen LogP contribution in [0.5, 0.6) is 11.5 Å². The summed E-state index contributed by atoms with van der Waals surface area (Å²) in [7, 11) is -3.32. The van der Waals surface area contributed by atoms with E-state index in [1.807, 2.05) is 48.7 Å². The fourth-order valence-corrected chi connectivity index (χ4v) is 7.06. The smallest absolute Gasteiger partial charge is 0.231 e. The van der Waals surface area contributed by atoms with Crippen LogP contribution in [0.4, 0.5) is 0 Å². The van der Waals surface area contributed by atoms with Crippen molar-refractivity contribution in [2.45, 2.75) is 22.6 Å². The number of sulfone groups is 1. The first kappa shape index (κ1) is 17.9. The molecule has 0 N–H and O–H groups in total. The van der Waals surface area contributed by atoms with Gasteiger partial charge in [0.15, 0.2) is 21.3 Å². The van der Waals surface area contributed by atoms with Crippen LogP contribution in [0.15, 0.2) is 65.8 Å². The number of pyridine rings is 1. The van der Waals surface area contributed by atoms with E-state index in [1.165, 1.54) is 0 Å². The molecule has 0 spiro atoms. The highest BCUT2D eigenvalue weighted by Gasteiger charge is 2.50. The molecule has 1 fully saturated rings. The van der Waals surface area contributed by atoms with Crippen molar-refractivity contribution in [2.75, 3.05) is 19.9 Å². The molecule has 3 aliphatic rings. The van der Waals surface area contributed by atoms with Gasteiger partial charge in [-0.2, -0.15) is 0 Å². The highest BCUT2D eigenvalue weighted by molar-refractivity contribution is 7.92. The summed E-state index contributed by atoms with van der Waals surface area (Å²) >= 11 is 0. The van der Waals surface area contributed by atoms with Crippen LogP contribution in [-0.4, -0.2) is 43.4 Å². The predicted octanol–water partition coefficient (Wildman–Crippen LogP) is 3.23. The van der Waals surface area contributed by atoms with E-state index >= 15 is 0 Å². The van der Waals surface area contributed by atoms with E-state index in [4.69, 9.17) is 9.47 Å². The summed E-state index contributed by atoms with van der Waals surface area (Å²) in [6.45, 7) is 2.21. The molecule has 152 valence electrons. The molecule has 30 heavy (non-hydrogen) atoms. The maximum atomic E-state index is 13.2. The third-order valence-electron chi connectivity index (χ3n) is 6.29. The first-order valence-electron chi connectivity index (χ1n) is 9.99. The highest BCUT2D eigenvalue weighted by Crippen LogP contribution is 2.46. The van der Waals surface area contributed by atoms with Gasteiger partial charge in [-0.05, 0) is 52.6 Å². The monoisotopic (exact) mass is 420 g/mol.